The van der Waals surface area contributed by atoms with Crippen LogP contribution in [0, 0.1) is 17.1 Å². The first-order chi connectivity index (χ1) is 6.81. The molecule has 14 heavy (non-hydrogen) atoms. The van der Waals surface area contributed by atoms with Crippen LogP contribution in [0.15, 0.2) is 36.5 Å². The standard InChI is InChI=1S/C11H7FN2/c12-11-4-2-1-3-10(11)8-5-9(6-13)14-7-8/h1-5,7,14H. The van der Waals surface area contributed by atoms with Gasteiger partial charge >= 0.3 is 0 Å². The summed E-state index contributed by atoms with van der Waals surface area (Å²) in [5.41, 5.74) is 1.63. The lowest BCUT2D eigenvalue weighted by Gasteiger charge is -1.97. The molecule has 2 rings (SSSR count). The fraction of sp³-hybridized carbons (Fsp3) is 0. The lowest BCUT2D eigenvalue weighted by Crippen LogP contribution is -1.79. The number of nitrogens with one attached hydrogen (secondary N) is 1. The number of nitrogens with zero attached hydrogens (tertiary/aromatic N) is 1. The van der Waals surface area contributed by atoms with Crippen molar-refractivity contribution in [2.75, 3.05) is 0 Å². The van der Waals surface area contributed by atoms with Crippen molar-refractivity contribution in [1.29, 1.82) is 5.26 Å². The van der Waals surface area contributed by atoms with Gasteiger partial charge in [-0.2, -0.15) is 5.26 Å². The molecule has 0 atom stereocenters. The van der Waals surface area contributed by atoms with E-state index in [1.807, 2.05) is 6.07 Å². The predicted molar refractivity (Wildman–Crippen MR) is 50.9 cm³/mol. The number of hydrogen-bond donors (Lipinski definition) is 1. The molecule has 0 spiro atoms. The molecule has 2 aromatic rings. The van der Waals surface area contributed by atoms with E-state index in [0.29, 0.717) is 16.8 Å². The van der Waals surface area contributed by atoms with Crippen molar-refractivity contribution in [2.24, 2.45) is 0 Å². The van der Waals surface area contributed by atoms with Crippen molar-refractivity contribution in [3.05, 3.63) is 48.0 Å². The zero-order chi connectivity index (χ0) is 9.97. The summed E-state index contributed by atoms with van der Waals surface area (Å²) in [6.45, 7) is 0. The van der Waals surface area contributed by atoms with Crippen molar-refractivity contribution < 1.29 is 4.39 Å². The van der Waals surface area contributed by atoms with Gasteiger partial charge < -0.3 is 4.98 Å². The van der Waals surface area contributed by atoms with E-state index in [4.69, 9.17) is 5.26 Å². The second kappa shape index (κ2) is 3.35. The minimum Gasteiger partial charge on any atom is -0.352 e. The number of hydrogen-bond acceptors (Lipinski definition) is 1. The highest BCUT2D eigenvalue weighted by Crippen LogP contribution is 2.22. The summed E-state index contributed by atoms with van der Waals surface area (Å²) in [6.07, 6.45) is 1.62. The average Bonchev–Trinajstić information content (AvgIpc) is 2.67. The summed E-state index contributed by atoms with van der Waals surface area (Å²) in [6, 6.07) is 10.1. The van der Waals surface area contributed by atoms with Gasteiger partial charge in [0.1, 0.15) is 17.6 Å². The maximum absolute atomic E-state index is 13.3. The number of aromatic nitrogens is 1. The van der Waals surface area contributed by atoms with Gasteiger partial charge in [-0.15, -0.1) is 0 Å². The van der Waals surface area contributed by atoms with Crippen LogP contribution in [-0.2, 0) is 0 Å². The van der Waals surface area contributed by atoms with Crippen LogP contribution in [0.2, 0.25) is 0 Å². The van der Waals surface area contributed by atoms with Crippen LogP contribution in [0.1, 0.15) is 5.69 Å². The van der Waals surface area contributed by atoms with Crippen LogP contribution in [0.4, 0.5) is 4.39 Å². The van der Waals surface area contributed by atoms with Gasteiger partial charge in [0.15, 0.2) is 0 Å². The lowest BCUT2D eigenvalue weighted by molar-refractivity contribution is 0.631. The van der Waals surface area contributed by atoms with Crippen LogP contribution in [-0.4, -0.2) is 4.98 Å². The molecule has 1 aromatic heterocycles. The van der Waals surface area contributed by atoms with Crippen molar-refractivity contribution in [3.63, 3.8) is 0 Å². The number of halogens is 1. The highest BCUT2D eigenvalue weighted by atomic mass is 19.1. The molecule has 1 aromatic carbocycles. The van der Waals surface area contributed by atoms with Crippen molar-refractivity contribution in [1.82, 2.24) is 4.98 Å². The molecule has 2 nitrogen and oxygen atoms in total. The molecule has 0 radical (unpaired) electrons. The normalized spacial score (nSPS) is 9.71. The first-order valence-electron chi connectivity index (χ1n) is 4.14. The number of H-pyrrole nitrogens is 1. The van der Waals surface area contributed by atoms with Gasteiger partial charge in [0, 0.05) is 17.3 Å². The van der Waals surface area contributed by atoms with Gasteiger partial charge in [-0.25, -0.2) is 4.39 Å². The van der Waals surface area contributed by atoms with E-state index in [1.54, 1.807) is 30.5 Å². The Hall–Kier alpha value is -2.08. The lowest BCUT2D eigenvalue weighted by atomic mass is 10.1. The van der Waals surface area contributed by atoms with E-state index in [0.717, 1.165) is 0 Å². The summed E-state index contributed by atoms with van der Waals surface area (Å²) >= 11 is 0. The molecule has 0 saturated carbocycles. The highest BCUT2D eigenvalue weighted by molar-refractivity contribution is 5.64. The molecule has 1 heterocycles. The molecule has 0 unspecified atom stereocenters. The first-order valence-corrected chi connectivity index (χ1v) is 4.14. The van der Waals surface area contributed by atoms with E-state index in [1.165, 1.54) is 6.07 Å². The van der Waals surface area contributed by atoms with E-state index in [-0.39, 0.29) is 5.82 Å². The fourth-order valence-corrected chi connectivity index (χ4v) is 1.31. The largest absolute Gasteiger partial charge is 0.352 e. The third-order valence-corrected chi connectivity index (χ3v) is 1.99. The molecule has 0 aliphatic rings. The van der Waals surface area contributed by atoms with Crippen LogP contribution in [0.3, 0.4) is 0 Å². The topological polar surface area (TPSA) is 39.6 Å². The number of benzene rings is 1. The Morgan fingerprint density at radius 1 is 1.29 bits per heavy atom. The van der Waals surface area contributed by atoms with E-state index in [2.05, 4.69) is 4.98 Å². The van der Waals surface area contributed by atoms with Crippen LogP contribution in [0.5, 0.6) is 0 Å². The van der Waals surface area contributed by atoms with E-state index < -0.39 is 0 Å². The summed E-state index contributed by atoms with van der Waals surface area (Å²) in [5.74, 6) is -0.281. The monoisotopic (exact) mass is 186 g/mol. The van der Waals surface area contributed by atoms with Crippen LogP contribution < -0.4 is 0 Å². The summed E-state index contributed by atoms with van der Waals surface area (Å²) in [7, 11) is 0. The van der Waals surface area contributed by atoms with Crippen LogP contribution >= 0.6 is 0 Å². The quantitative estimate of drug-likeness (QED) is 0.730. The maximum Gasteiger partial charge on any atom is 0.131 e. The molecule has 1 N–H and O–H groups in total. The van der Waals surface area contributed by atoms with Crippen molar-refractivity contribution in [2.45, 2.75) is 0 Å². The zero-order valence-corrected chi connectivity index (χ0v) is 7.29. The molecule has 0 aliphatic heterocycles. The average molecular weight is 186 g/mol. The fourth-order valence-electron chi connectivity index (χ4n) is 1.31. The minimum atomic E-state index is -0.281. The Labute approximate surface area is 80.6 Å². The number of aromatic amines is 1. The smallest absolute Gasteiger partial charge is 0.131 e. The molecular weight excluding hydrogens is 179 g/mol. The van der Waals surface area contributed by atoms with Gasteiger partial charge in [0.25, 0.3) is 0 Å². The molecule has 0 saturated heterocycles. The maximum atomic E-state index is 13.3. The van der Waals surface area contributed by atoms with E-state index >= 15 is 0 Å². The predicted octanol–water partition coefficient (Wildman–Crippen LogP) is 2.69. The summed E-state index contributed by atoms with van der Waals surface area (Å²) in [4.78, 5) is 2.75. The molecule has 3 heteroatoms. The van der Waals surface area contributed by atoms with Crippen LogP contribution in [0.25, 0.3) is 11.1 Å². The second-order valence-electron chi connectivity index (χ2n) is 2.89. The molecule has 0 aliphatic carbocycles. The third kappa shape index (κ3) is 1.38. The molecular formula is C11H7FN2. The molecule has 68 valence electrons. The number of rotatable bonds is 1. The first kappa shape index (κ1) is 8.52. The number of nitriles is 1. The van der Waals surface area contributed by atoms with Gasteiger partial charge in [-0.1, -0.05) is 18.2 Å². The Balaban J connectivity index is 2.51. The summed E-state index contributed by atoms with van der Waals surface area (Å²) < 4.78 is 13.3. The van der Waals surface area contributed by atoms with Gasteiger partial charge in [-0.3, -0.25) is 0 Å². The second-order valence-corrected chi connectivity index (χ2v) is 2.89. The Morgan fingerprint density at radius 3 is 2.71 bits per heavy atom. The van der Waals surface area contributed by atoms with E-state index in [9.17, 15) is 4.39 Å². The van der Waals surface area contributed by atoms with Gasteiger partial charge in [0.05, 0.1) is 0 Å². The zero-order valence-electron chi connectivity index (χ0n) is 7.29. The SMILES string of the molecule is N#Cc1cc(-c2ccccc2F)c[nH]1. The van der Waals surface area contributed by atoms with Crippen molar-refractivity contribution in [3.8, 4) is 17.2 Å². The molecule has 0 bridgehead atoms. The van der Waals surface area contributed by atoms with Crippen molar-refractivity contribution >= 4 is 0 Å². The third-order valence-electron chi connectivity index (χ3n) is 1.99. The molecule has 0 fully saturated rings. The molecule has 0 amide bonds. The minimum absolute atomic E-state index is 0.281. The Bertz CT molecular complexity index is 494. The summed E-state index contributed by atoms with van der Waals surface area (Å²) in [5, 5.41) is 8.59. The van der Waals surface area contributed by atoms with Gasteiger partial charge in [0.2, 0.25) is 0 Å². The Kier molecular flexibility index (Phi) is 2.04. The Morgan fingerprint density at radius 2 is 2.07 bits per heavy atom. The highest BCUT2D eigenvalue weighted by Gasteiger charge is 2.05. The van der Waals surface area contributed by atoms with Gasteiger partial charge in [-0.05, 0) is 12.1 Å².